The monoisotopic (exact) mass is 429 g/mol. The second kappa shape index (κ2) is 9.65. The van der Waals surface area contributed by atoms with E-state index in [1.54, 1.807) is 24.8 Å². The molecule has 2 N–H and O–H groups in total. The number of hydrogen-bond donors (Lipinski definition) is 2. The third kappa shape index (κ3) is 4.36. The van der Waals surface area contributed by atoms with E-state index in [2.05, 4.69) is 56.1 Å². The van der Waals surface area contributed by atoms with Crippen molar-refractivity contribution in [2.24, 2.45) is 5.10 Å². The van der Waals surface area contributed by atoms with Gasteiger partial charge in [0.1, 0.15) is 11.4 Å². The zero-order valence-corrected chi connectivity index (χ0v) is 18.6. The molecule has 8 nitrogen and oxygen atoms in total. The number of aromatic amines is 1. The van der Waals surface area contributed by atoms with Crippen LogP contribution in [-0.2, 0) is 11.2 Å². The van der Waals surface area contributed by atoms with E-state index in [9.17, 15) is 4.79 Å². The first-order valence-electron chi connectivity index (χ1n) is 10.8. The fraction of sp³-hybridized carbons (Fsp3) is 0.292. The van der Waals surface area contributed by atoms with Crippen LogP contribution >= 0.6 is 0 Å². The van der Waals surface area contributed by atoms with Gasteiger partial charge >= 0.3 is 0 Å². The van der Waals surface area contributed by atoms with Crippen LogP contribution in [0.4, 0.5) is 0 Å². The molecule has 8 heteroatoms. The quantitative estimate of drug-likeness (QED) is 0.537. The van der Waals surface area contributed by atoms with Crippen LogP contribution in [0.5, 0.6) is 0 Å². The lowest BCUT2D eigenvalue weighted by molar-refractivity contribution is -0.116. The second-order valence-electron chi connectivity index (χ2n) is 7.56. The van der Waals surface area contributed by atoms with E-state index in [4.69, 9.17) is 0 Å². The molecule has 0 saturated carbocycles. The molecule has 3 aromatic heterocycles. The Morgan fingerprint density at radius 3 is 2.56 bits per heavy atom. The lowest BCUT2D eigenvalue weighted by atomic mass is 9.99. The summed E-state index contributed by atoms with van der Waals surface area (Å²) >= 11 is 0. The molecule has 0 fully saturated rings. The molecular weight excluding hydrogens is 402 g/mol. The number of carbonyl (C=O) groups excluding carboxylic acids is 1. The predicted molar refractivity (Wildman–Crippen MR) is 125 cm³/mol. The van der Waals surface area contributed by atoms with E-state index >= 15 is 0 Å². The fourth-order valence-corrected chi connectivity index (χ4v) is 3.95. The molecule has 0 saturated heterocycles. The summed E-state index contributed by atoms with van der Waals surface area (Å²) in [6.45, 7) is 9.39. The smallest absolute Gasteiger partial charge is 0.273 e. The molecule has 0 aromatic carbocycles. The lowest BCUT2D eigenvalue weighted by Gasteiger charge is -2.18. The average molecular weight is 430 g/mol. The molecule has 32 heavy (non-hydrogen) atoms. The van der Waals surface area contributed by atoms with E-state index in [0.29, 0.717) is 17.0 Å². The van der Waals surface area contributed by atoms with Crippen molar-refractivity contribution in [1.29, 1.82) is 0 Å². The number of nitrogens with one attached hydrogen (secondary N) is 2. The fourth-order valence-electron chi connectivity index (χ4n) is 3.95. The number of rotatable bonds is 8. The third-order valence-electron chi connectivity index (χ3n) is 5.70. The molecular formula is C24H27N7O. The normalized spacial score (nSPS) is 14.8. The van der Waals surface area contributed by atoms with Gasteiger partial charge in [0.2, 0.25) is 0 Å². The molecule has 1 amide bonds. The minimum absolute atomic E-state index is 0.269. The van der Waals surface area contributed by atoms with Gasteiger partial charge in [-0.05, 0) is 50.2 Å². The number of amides is 1. The maximum atomic E-state index is 12.6. The van der Waals surface area contributed by atoms with Crippen molar-refractivity contribution in [3.63, 3.8) is 0 Å². The van der Waals surface area contributed by atoms with Gasteiger partial charge in [-0.15, -0.1) is 0 Å². The van der Waals surface area contributed by atoms with Gasteiger partial charge in [0, 0.05) is 42.1 Å². The van der Waals surface area contributed by atoms with Crippen molar-refractivity contribution < 1.29 is 4.79 Å². The van der Waals surface area contributed by atoms with E-state index in [0.717, 1.165) is 48.7 Å². The van der Waals surface area contributed by atoms with Gasteiger partial charge < -0.3 is 9.88 Å². The Morgan fingerprint density at radius 1 is 1.06 bits per heavy atom. The van der Waals surface area contributed by atoms with Gasteiger partial charge in [-0.1, -0.05) is 19.9 Å². The summed E-state index contributed by atoms with van der Waals surface area (Å²) in [5.41, 5.74) is 9.01. The van der Waals surface area contributed by atoms with Crippen LogP contribution in [0.15, 0.2) is 53.7 Å². The highest BCUT2D eigenvalue weighted by atomic mass is 16.2. The van der Waals surface area contributed by atoms with Crippen LogP contribution in [0.25, 0.3) is 17.3 Å². The van der Waals surface area contributed by atoms with Crippen molar-refractivity contribution in [2.45, 2.75) is 27.2 Å². The molecule has 0 aliphatic carbocycles. The number of aromatic nitrogens is 4. The summed E-state index contributed by atoms with van der Waals surface area (Å²) in [7, 11) is 0. The summed E-state index contributed by atoms with van der Waals surface area (Å²) in [6, 6.07) is 5.88. The number of aryl methyl sites for hydroxylation is 1. The highest BCUT2D eigenvalue weighted by Gasteiger charge is 2.27. The van der Waals surface area contributed by atoms with E-state index < -0.39 is 0 Å². The summed E-state index contributed by atoms with van der Waals surface area (Å²) in [4.78, 5) is 31.5. The highest BCUT2D eigenvalue weighted by Crippen LogP contribution is 2.32. The van der Waals surface area contributed by atoms with Gasteiger partial charge in [-0.2, -0.15) is 5.10 Å². The molecule has 3 aromatic rings. The van der Waals surface area contributed by atoms with Gasteiger partial charge in [-0.3, -0.25) is 19.7 Å². The zero-order valence-electron chi connectivity index (χ0n) is 18.6. The number of H-pyrrole nitrogens is 1. The minimum atomic E-state index is -0.269. The molecule has 4 rings (SSSR count). The van der Waals surface area contributed by atoms with E-state index in [1.807, 2.05) is 24.3 Å². The van der Waals surface area contributed by atoms with Crippen LogP contribution in [-0.4, -0.2) is 56.1 Å². The SMILES string of the molecule is CCN(CC)CCc1c(C)[nH]c(C=C2C(=O)NN=C2c2cnccn2)c1-c1ccccn1. The van der Waals surface area contributed by atoms with Crippen molar-refractivity contribution in [1.82, 2.24) is 30.3 Å². The Hall–Kier alpha value is -3.65. The minimum Gasteiger partial charge on any atom is -0.358 e. The van der Waals surface area contributed by atoms with Crippen LogP contribution in [0.2, 0.25) is 0 Å². The topological polar surface area (TPSA) is 99.2 Å². The molecule has 164 valence electrons. The van der Waals surface area contributed by atoms with Crippen LogP contribution in [0.3, 0.4) is 0 Å². The van der Waals surface area contributed by atoms with Crippen LogP contribution < -0.4 is 5.43 Å². The Bertz CT molecular complexity index is 1150. The maximum absolute atomic E-state index is 12.6. The van der Waals surface area contributed by atoms with Crippen molar-refractivity contribution in [3.05, 3.63) is 71.2 Å². The van der Waals surface area contributed by atoms with E-state index in [-0.39, 0.29) is 5.91 Å². The first kappa shape index (κ1) is 21.6. The van der Waals surface area contributed by atoms with Crippen molar-refractivity contribution in [3.8, 4) is 11.3 Å². The Morgan fingerprint density at radius 2 is 1.88 bits per heavy atom. The molecule has 0 radical (unpaired) electrons. The molecule has 0 bridgehead atoms. The van der Waals surface area contributed by atoms with Gasteiger partial charge in [0.05, 0.1) is 17.5 Å². The van der Waals surface area contributed by atoms with Gasteiger partial charge in [0.15, 0.2) is 0 Å². The van der Waals surface area contributed by atoms with E-state index in [1.165, 1.54) is 5.56 Å². The summed E-state index contributed by atoms with van der Waals surface area (Å²) in [6.07, 6.45) is 9.29. The standard InChI is InChI=1S/C24H27N7O/c1-4-31(5-2)13-9-17-16(3)28-20(22(17)19-8-6-7-10-26-19)14-18-23(29-30-24(18)32)21-15-25-11-12-27-21/h6-8,10-12,14-15,28H,4-5,9,13H2,1-3H3,(H,30,32). The van der Waals surface area contributed by atoms with Gasteiger partial charge in [0.25, 0.3) is 5.91 Å². The third-order valence-corrected chi connectivity index (χ3v) is 5.70. The Kier molecular flexibility index (Phi) is 6.51. The number of carbonyl (C=O) groups is 1. The zero-order chi connectivity index (χ0) is 22.5. The van der Waals surface area contributed by atoms with Crippen LogP contribution in [0, 0.1) is 6.92 Å². The average Bonchev–Trinajstić information content (AvgIpc) is 3.35. The number of hydrogen-bond acceptors (Lipinski definition) is 6. The first-order chi connectivity index (χ1) is 15.6. The Balaban J connectivity index is 1.79. The first-order valence-corrected chi connectivity index (χ1v) is 10.8. The summed E-state index contributed by atoms with van der Waals surface area (Å²) in [5, 5.41) is 4.19. The maximum Gasteiger partial charge on any atom is 0.273 e. The highest BCUT2D eigenvalue weighted by molar-refractivity contribution is 6.32. The number of likely N-dealkylation sites (N-methyl/N-ethyl adjacent to an activating group) is 1. The second-order valence-corrected chi connectivity index (χ2v) is 7.56. The van der Waals surface area contributed by atoms with Crippen LogP contribution in [0.1, 0.15) is 36.5 Å². The predicted octanol–water partition coefficient (Wildman–Crippen LogP) is 2.98. The summed E-state index contributed by atoms with van der Waals surface area (Å²) < 4.78 is 0. The summed E-state index contributed by atoms with van der Waals surface area (Å²) in [5.74, 6) is -0.269. The molecule has 4 heterocycles. The molecule has 0 atom stereocenters. The number of pyridine rings is 1. The number of nitrogens with zero attached hydrogens (tertiary/aromatic N) is 5. The van der Waals surface area contributed by atoms with Gasteiger partial charge in [-0.25, -0.2) is 5.43 Å². The number of hydrazone groups is 1. The largest absolute Gasteiger partial charge is 0.358 e. The van der Waals surface area contributed by atoms with Crippen molar-refractivity contribution in [2.75, 3.05) is 19.6 Å². The molecule has 0 spiro atoms. The molecule has 1 aliphatic rings. The van der Waals surface area contributed by atoms with Crippen molar-refractivity contribution >= 4 is 17.7 Å². The Labute approximate surface area is 187 Å². The lowest BCUT2D eigenvalue weighted by Crippen LogP contribution is -2.25. The molecule has 0 unspecified atom stereocenters. The molecule has 1 aliphatic heterocycles.